The molecule has 0 spiro atoms. The van der Waals surface area contributed by atoms with Crippen molar-refractivity contribution in [3.63, 3.8) is 0 Å². The van der Waals surface area contributed by atoms with E-state index in [4.69, 9.17) is 34.8 Å². The van der Waals surface area contributed by atoms with Gasteiger partial charge in [-0.25, -0.2) is 0 Å². The summed E-state index contributed by atoms with van der Waals surface area (Å²) >= 11 is 17.8. The van der Waals surface area contributed by atoms with Gasteiger partial charge in [0.15, 0.2) is 0 Å². The number of nitrogens with one attached hydrogen (secondary N) is 1. The SMILES string of the molecule is CC(=O)N/C=N/N(C(C)=O)c1c(Cl)cc(Cl)cc1Cl. The van der Waals surface area contributed by atoms with Gasteiger partial charge in [0, 0.05) is 18.9 Å². The third kappa shape index (κ3) is 4.38. The van der Waals surface area contributed by atoms with Gasteiger partial charge in [0.25, 0.3) is 0 Å². The van der Waals surface area contributed by atoms with E-state index in [-0.39, 0.29) is 21.6 Å². The summed E-state index contributed by atoms with van der Waals surface area (Å²) in [6, 6.07) is 2.88. The Kier molecular flexibility index (Phi) is 5.60. The van der Waals surface area contributed by atoms with Gasteiger partial charge in [0.1, 0.15) is 12.0 Å². The number of halogens is 3. The second-order valence-corrected chi connectivity index (χ2v) is 4.74. The van der Waals surface area contributed by atoms with Gasteiger partial charge in [-0.1, -0.05) is 34.8 Å². The third-order valence-electron chi connectivity index (χ3n) is 1.93. The Morgan fingerprint density at radius 3 is 2.16 bits per heavy atom. The van der Waals surface area contributed by atoms with Crippen molar-refractivity contribution in [2.75, 3.05) is 5.01 Å². The van der Waals surface area contributed by atoms with Crippen LogP contribution in [0.3, 0.4) is 0 Å². The zero-order chi connectivity index (χ0) is 14.6. The van der Waals surface area contributed by atoms with Crippen molar-refractivity contribution in [2.24, 2.45) is 5.10 Å². The number of carbonyl (C=O) groups is 2. The van der Waals surface area contributed by atoms with Gasteiger partial charge in [0.05, 0.1) is 10.0 Å². The Hall–Kier alpha value is -1.30. The Morgan fingerprint density at radius 2 is 1.74 bits per heavy atom. The van der Waals surface area contributed by atoms with Crippen LogP contribution < -0.4 is 10.3 Å². The van der Waals surface area contributed by atoms with Crippen molar-refractivity contribution in [1.29, 1.82) is 0 Å². The highest BCUT2D eigenvalue weighted by Crippen LogP contribution is 2.36. The van der Waals surface area contributed by atoms with Gasteiger partial charge >= 0.3 is 0 Å². The average molecular weight is 323 g/mol. The monoisotopic (exact) mass is 321 g/mol. The number of benzene rings is 1. The van der Waals surface area contributed by atoms with E-state index in [2.05, 4.69) is 10.4 Å². The van der Waals surface area contributed by atoms with E-state index >= 15 is 0 Å². The fourth-order valence-corrected chi connectivity index (χ4v) is 2.19. The first kappa shape index (κ1) is 15.8. The molecule has 0 saturated heterocycles. The molecule has 19 heavy (non-hydrogen) atoms. The van der Waals surface area contributed by atoms with Crippen molar-refractivity contribution in [2.45, 2.75) is 13.8 Å². The second-order valence-electron chi connectivity index (χ2n) is 3.49. The fourth-order valence-electron chi connectivity index (χ4n) is 1.21. The van der Waals surface area contributed by atoms with Crippen molar-refractivity contribution in [3.05, 3.63) is 27.2 Å². The number of hydrazone groups is 1. The van der Waals surface area contributed by atoms with Crippen LogP contribution in [0.1, 0.15) is 13.8 Å². The molecule has 102 valence electrons. The highest BCUT2D eigenvalue weighted by Gasteiger charge is 2.18. The molecule has 0 bridgehead atoms. The van der Waals surface area contributed by atoms with E-state index in [0.717, 1.165) is 11.3 Å². The summed E-state index contributed by atoms with van der Waals surface area (Å²) in [4.78, 5) is 22.3. The summed E-state index contributed by atoms with van der Waals surface area (Å²) in [7, 11) is 0. The lowest BCUT2D eigenvalue weighted by molar-refractivity contribution is -0.118. The summed E-state index contributed by atoms with van der Waals surface area (Å²) in [5.41, 5.74) is 0.196. The lowest BCUT2D eigenvalue weighted by Crippen LogP contribution is -2.26. The Bertz CT molecular complexity index is 523. The first-order valence-corrected chi connectivity index (χ1v) is 6.21. The van der Waals surface area contributed by atoms with Crippen LogP contribution in [0.15, 0.2) is 17.2 Å². The number of nitrogens with zero attached hydrogens (tertiary/aromatic N) is 2. The largest absolute Gasteiger partial charge is 0.316 e. The summed E-state index contributed by atoms with van der Waals surface area (Å²) in [5.74, 6) is -0.742. The van der Waals surface area contributed by atoms with Gasteiger partial charge < -0.3 is 5.32 Å². The molecule has 1 N–H and O–H groups in total. The third-order valence-corrected chi connectivity index (χ3v) is 2.73. The van der Waals surface area contributed by atoms with Crippen LogP contribution in [-0.2, 0) is 9.59 Å². The molecule has 0 aromatic heterocycles. The minimum Gasteiger partial charge on any atom is -0.316 e. The number of rotatable bonds is 3. The van der Waals surface area contributed by atoms with Crippen LogP contribution in [0.2, 0.25) is 15.1 Å². The first-order chi connectivity index (χ1) is 8.82. The zero-order valence-corrected chi connectivity index (χ0v) is 12.3. The number of amides is 2. The lowest BCUT2D eigenvalue weighted by Gasteiger charge is -2.18. The molecule has 8 heteroatoms. The number of hydrogen-bond acceptors (Lipinski definition) is 3. The van der Waals surface area contributed by atoms with Gasteiger partial charge in [-0.05, 0) is 12.1 Å². The predicted molar refractivity (Wildman–Crippen MR) is 76.9 cm³/mol. The Morgan fingerprint density at radius 1 is 1.21 bits per heavy atom. The maximum atomic E-state index is 11.6. The fraction of sp³-hybridized carbons (Fsp3) is 0.182. The van der Waals surface area contributed by atoms with E-state index in [0.29, 0.717) is 5.02 Å². The van der Waals surface area contributed by atoms with Crippen molar-refractivity contribution >= 4 is 58.6 Å². The van der Waals surface area contributed by atoms with Crippen molar-refractivity contribution < 1.29 is 9.59 Å². The van der Waals surface area contributed by atoms with Gasteiger partial charge in [-0.15, -0.1) is 0 Å². The van der Waals surface area contributed by atoms with Crippen LogP contribution >= 0.6 is 34.8 Å². The molecule has 0 aliphatic carbocycles. The zero-order valence-electron chi connectivity index (χ0n) is 10.1. The van der Waals surface area contributed by atoms with Crippen LogP contribution in [0.4, 0.5) is 5.69 Å². The van der Waals surface area contributed by atoms with Crippen LogP contribution in [0.25, 0.3) is 0 Å². The molecule has 2 amide bonds. The molecular formula is C11H10Cl3N3O2. The van der Waals surface area contributed by atoms with E-state index < -0.39 is 5.91 Å². The molecular weight excluding hydrogens is 312 g/mol. The molecule has 0 unspecified atom stereocenters. The standard InChI is InChI=1S/C11H10Cl3N3O2/c1-6(18)15-5-16-17(7(2)19)11-9(13)3-8(12)4-10(11)14/h3-5H,1-2H3,(H,15,16,18). The van der Waals surface area contributed by atoms with E-state index in [1.807, 2.05) is 0 Å². The van der Waals surface area contributed by atoms with E-state index in [1.54, 1.807) is 0 Å². The quantitative estimate of drug-likeness (QED) is 0.528. The van der Waals surface area contributed by atoms with E-state index in [1.165, 1.54) is 26.0 Å². The Balaban J connectivity index is 3.17. The smallest absolute Gasteiger partial charge is 0.244 e. The maximum absolute atomic E-state index is 11.6. The van der Waals surface area contributed by atoms with Crippen LogP contribution in [0, 0.1) is 0 Å². The molecule has 0 saturated carbocycles. The number of anilines is 1. The predicted octanol–water partition coefficient (Wildman–Crippen LogP) is 3.08. The lowest BCUT2D eigenvalue weighted by atomic mass is 10.3. The molecule has 0 atom stereocenters. The Labute approximate surface area is 125 Å². The van der Waals surface area contributed by atoms with Gasteiger partial charge in [0.2, 0.25) is 11.8 Å². The highest BCUT2D eigenvalue weighted by atomic mass is 35.5. The normalized spacial score (nSPS) is 10.6. The highest BCUT2D eigenvalue weighted by molar-refractivity contribution is 6.42. The minimum atomic E-state index is -0.423. The molecule has 1 rings (SSSR count). The summed E-state index contributed by atoms with van der Waals surface area (Å²) in [6.07, 6.45) is 1.07. The van der Waals surface area contributed by atoms with E-state index in [9.17, 15) is 9.59 Å². The van der Waals surface area contributed by atoms with Crippen molar-refractivity contribution in [3.8, 4) is 0 Å². The molecule has 0 heterocycles. The summed E-state index contributed by atoms with van der Waals surface area (Å²) < 4.78 is 0. The molecule has 1 aromatic rings. The topological polar surface area (TPSA) is 61.8 Å². The molecule has 0 aliphatic heterocycles. The van der Waals surface area contributed by atoms with Gasteiger partial charge in [-0.2, -0.15) is 10.1 Å². The molecule has 0 radical (unpaired) electrons. The van der Waals surface area contributed by atoms with Crippen molar-refractivity contribution in [1.82, 2.24) is 5.32 Å². The molecule has 1 aromatic carbocycles. The molecule has 0 aliphatic rings. The molecule has 0 fully saturated rings. The minimum absolute atomic E-state index is 0.174. The second kappa shape index (κ2) is 6.75. The molecule has 5 nitrogen and oxygen atoms in total. The summed E-state index contributed by atoms with van der Waals surface area (Å²) in [6.45, 7) is 2.60. The number of carbonyl (C=O) groups excluding carboxylic acids is 2. The van der Waals surface area contributed by atoms with Crippen LogP contribution in [0.5, 0.6) is 0 Å². The average Bonchev–Trinajstić information content (AvgIpc) is 2.24. The summed E-state index contributed by atoms with van der Waals surface area (Å²) in [5, 5.41) is 7.77. The number of hydrogen-bond donors (Lipinski definition) is 1. The first-order valence-electron chi connectivity index (χ1n) is 5.07. The maximum Gasteiger partial charge on any atom is 0.244 e. The van der Waals surface area contributed by atoms with Gasteiger partial charge in [-0.3, -0.25) is 9.59 Å². The van der Waals surface area contributed by atoms with Crippen LogP contribution in [-0.4, -0.2) is 18.2 Å².